The highest BCUT2D eigenvalue weighted by molar-refractivity contribution is 8.06. The Morgan fingerprint density at radius 2 is 1.68 bits per heavy atom. The van der Waals surface area contributed by atoms with Crippen LogP contribution in [0.1, 0.15) is 72.3 Å². The van der Waals surface area contributed by atoms with Crippen molar-refractivity contribution in [1.82, 2.24) is 4.68 Å². The first-order chi connectivity index (χ1) is 19.0. The summed E-state index contributed by atoms with van der Waals surface area (Å²) >= 11 is 1.30. The van der Waals surface area contributed by atoms with Crippen molar-refractivity contribution in [3.63, 3.8) is 0 Å². The van der Waals surface area contributed by atoms with Crippen molar-refractivity contribution in [2.75, 3.05) is 6.26 Å². The molecule has 0 N–H and O–H groups in total. The van der Waals surface area contributed by atoms with Gasteiger partial charge >= 0.3 is 5.97 Å². The number of nitrogens with zero attached hydrogens (tertiary/aromatic N) is 3. The Morgan fingerprint density at radius 3 is 2.27 bits per heavy atom. The number of carbonyl (C=O) groups is 1. The van der Waals surface area contributed by atoms with Gasteiger partial charge in [-0.05, 0) is 54.7 Å². The zero-order chi connectivity index (χ0) is 28.8. The molecule has 0 saturated heterocycles. The van der Waals surface area contributed by atoms with Crippen LogP contribution in [-0.4, -0.2) is 36.5 Å². The van der Waals surface area contributed by atoms with E-state index < -0.39 is 21.7 Å². The number of aromatic nitrogens is 1. The standard InChI is InChI=1S/C31H33N3O4S2/c1-18-15-20(3)28(21(4)16-18)38-31(35)26-23(17-32)30(39-24-14-10-9-11-19(24)2)34-27(26)25(22-12-7-6-8-13-22)29(33-34)40(5,36)37/h6-14,18,20-21,25,28H,15-16H2,1-5H3. The summed E-state index contributed by atoms with van der Waals surface area (Å²) in [5.74, 6) is -0.590. The zero-order valence-corrected chi connectivity index (χ0v) is 24.9. The molecule has 2 aromatic carbocycles. The van der Waals surface area contributed by atoms with Crippen molar-refractivity contribution in [2.24, 2.45) is 22.9 Å². The molecule has 40 heavy (non-hydrogen) atoms. The number of hydrogen-bond acceptors (Lipinski definition) is 7. The van der Waals surface area contributed by atoms with Gasteiger partial charge in [-0.3, -0.25) is 0 Å². The minimum atomic E-state index is -3.76. The second-order valence-corrected chi connectivity index (χ2v) is 14.2. The molecule has 1 saturated carbocycles. The lowest BCUT2D eigenvalue weighted by atomic mass is 9.75. The number of aryl methyl sites for hydroxylation is 1. The second kappa shape index (κ2) is 10.9. The number of ether oxygens (including phenoxy) is 1. The maximum atomic E-state index is 14.1. The fourth-order valence-corrected chi connectivity index (χ4v) is 8.18. The van der Waals surface area contributed by atoms with Gasteiger partial charge in [0, 0.05) is 11.2 Å². The molecule has 3 unspecified atom stereocenters. The molecule has 2 heterocycles. The fourth-order valence-electron chi connectivity index (χ4n) is 6.22. The third kappa shape index (κ3) is 5.11. The summed E-state index contributed by atoms with van der Waals surface area (Å²) < 4.78 is 33.8. The van der Waals surface area contributed by atoms with Crippen molar-refractivity contribution < 1.29 is 17.9 Å². The molecule has 1 aromatic heterocycles. The predicted octanol–water partition coefficient (Wildman–Crippen LogP) is 6.40. The number of hydrogen-bond donors (Lipinski definition) is 0. The summed E-state index contributed by atoms with van der Waals surface area (Å²) in [6.07, 6.45) is 2.72. The van der Waals surface area contributed by atoms with Crippen molar-refractivity contribution in [3.8, 4) is 6.07 Å². The number of carbonyl (C=O) groups excluding carboxylic acids is 1. The lowest BCUT2D eigenvalue weighted by Crippen LogP contribution is -2.37. The van der Waals surface area contributed by atoms with Crippen LogP contribution in [0, 0.1) is 36.0 Å². The molecule has 0 spiro atoms. The minimum absolute atomic E-state index is 0.0629. The van der Waals surface area contributed by atoms with E-state index in [1.165, 1.54) is 16.4 Å². The highest BCUT2D eigenvalue weighted by atomic mass is 32.2. The van der Waals surface area contributed by atoms with E-state index in [1.54, 1.807) is 0 Å². The van der Waals surface area contributed by atoms with E-state index in [4.69, 9.17) is 4.74 Å². The first kappa shape index (κ1) is 28.2. The summed E-state index contributed by atoms with van der Waals surface area (Å²) in [4.78, 5) is 15.0. The number of rotatable bonds is 5. The normalized spacial score (nSPS) is 24.2. The molecule has 9 heteroatoms. The zero-order valence-electron chi connectivity index (χ0n) is 23.3. The van der Waals surface area contributed by atoms with Gasteiger partial charge in [-0.2, -0.15) is 10.4 Å². The molecule has 208 valence electrons. The largest absolute Gasteiger partial charge is 0.458 e. The minimum Gasteiger partial charge on any atom is -0.458 e. The average molecular weight is 576 g/mol. The van der Waals surface area contributed by atoms with E-state index in [0.29, 0.717) is 22.2 Å². The van der Waals surface area contributed by atoms with Gasteiger partial charge in [0.1, 0.15) is 28.3 Å². The van der Waals surface area contributed by atoms with Gasteiger partial charge in [-0.1, -0.05) is 81.1 Å². The Morgan fingerprint density at radius 1 is 1.05 bits per heavy atom. The SMILES string of the molecule is Cc1ccccc1Sc1c(C#N)c(C(=O)OC2C(C)CC(C)CC2C)c2n1N=C(S(C)(=O)=O)C2c1ccccc1. The first-order valence-electron chi connectivity index (χ1n) is 13.5. The number of esters is 1. The molecule has 7 nitrogen and oxygen atoms in total. The Balaban J connectivity index is 1.72. The lowest BCUT2D eigenvalue weighted by Gasteiger charge is -2.37. The van der Waals surface area contributed by atoms with Crippen molar-refractivity contribution in [3.05, 3.63) is 82.5 Å². The maximum absolute atomic E-state index is 14.1. The summed E-state index contributed by atoms with van der Waals surface area (Å²) in [6.45, 7) is 8.36. The van der Waals surface area contributed by atoms with Crippen LogP contribution in [0.3, 0.4) is 0 Å². The molecule has 0 amide bonds. The molecule has 1 aliphatic carbocycles. The van der Waals surface area contributed by atoms with Crippen LogP contribution in [0.25, 0.3) is 0 Å². The van der Waals surface area contributed by atoms with E-state index >= 15 is 0 Å². The molecule has 0 bridgehead atoms. The van der Waals surface area contributed by atoms with Gasteiger partial charge in [0.15, 0.2) is 14.9 Å². The van der Waals surface area contributed by atoms with Gasteiger partial charge in [-0.25, -0.2) is 17.9 Å². The average Bonchev–Trinajstić information content (AvgIpc) is 3.43. The number of fused-ring (bicyclic) bond motifs is 1. The Kier molecular flexibility index (Phi) is 7.68. The predicted molar refractivity (Wildman–Crippen MR) is 156 cm³/mol. The highest BCUT2D eigenvalue weighted by Crippen LogP contribution is 2.46. The third-order valence-corrected chi connectivity index (χ3v) is 10.2. The topological polar surface area (TPSA) is 102 Å². The first-order valence-corrected chi connectivity index (χ1v) is 16.2. The van der Waals surface area contributed by atoms with Crippen LogP contribution < -0.4 is 0 Å². The van der Waals surface area contributed by atoms with Crippen LogP contribution in [0.2, 0.25) is 0 Å². The molecule has 0 radical (unpaired) electrons. The molecule has 3 aromatic rings. The quantitative estimate of drug-likeness (QED) is 0.326. The van der Waals surface area contributed by atoms with Crippen LogP contribution >= 0.6 is 11.8 Å². The van der Waals surface area contributed by atoms with Crippen LogP contribution in [-0.2, 0) is 14.6 Å². The van der Waals surface area contributed by atoms with E-state index in [0.717, 1.165) is 29.6 Å². The van der Waals surface area contributed by atoms with Gasteiger partial charge in [0.25, 0.3) is 0 Å². The second-order valence-electron chi connectivity index (χ2n) is 11.2. The lowest BCUT2D eigenvalue weighted by molar-refractivity contribution is -0.0253. The third-order valence-electron chi connectivity index (χ3n) is 7.90. The van der Waals surface area contributed by atoms with Gasteiger partial charge < -0.3 is 4.74 Å². The summed E-state index contributed by atoms with van der Waals surface area (Å²) in [5.41, 5.74) is 2.25. The van der Waals surface area contributed by atoms with Crippen LogP contribution in [0.4, 0.5) is 0 Å². The van der Waals surface area contributed by atoms with E-state index in [2.05, 4.69) is 31.9 Å². The summed E-state index contributed by atoms with van der Waals surface area (Å²) in [5, 5.41) is 15.3. The fraction of sp³-hybridized carbons (Fsp3) is 0.387. The van der Waals surface area contributed by atoms with Gasteiger partial charge in [0.2, 0.25) is 0 Å². The van der Waals surface area contributed by atoms with Crippen molar-refractivity contribution in [1.29, 1.82) is 5.26 Å². The van der Waals surface area contributed by atoms with E-state index in [-0.39, 0.29) is 34.1 Å². The Hall–Kier alpha value is -3.35. The van der Waals surface area contributed by atoms with Crippen molar-refractivity contribution in [2.45, 2.75) is 62.5 Å². The summed E-state index contributed by atoms with van der Waals surface area (Å²) in [7, 11) is -3.76. The van der Waals surface area contributed by atoms with Gasteiger partial charge in [-0.15, -0.1) is 0 Å². The number of benzene rings is 2. The van der Waals surface area contributed by atoms with Crippen LogP contribution in [0.5, 0.6) is 0 Å². The highest BCUT2D eigenvalue weighted by Gasteiger charge is 2.44. The molecule has 1 aliphatic heterocycles. The molecule has 1 fully saturated rings. The summed E-state index contributed by atoms with van der Waals surface area (Å²) in [6, 6.07) is 19.1. The maximum Gasteiger partial charge on any atom is 0.341 e. The Labute approximate surface area is 240 Å². The molecular weight excluding hydrogens is 542 g/mol. The van der Waals surface area contributed by atoms with Crippen molar-refractivity contribution >= 4 is 32.6 Å². The molecule has 3 atom stereocenters. The molecule has 2 aliphatic rings. The monoisotopic (exact) mass is 575 g/mol. The number of nitriles is 1. The van der Waals surface area contributed by atoms with Gasteiger partial charge in [0.05, 0.1) is 11.6 Å². The van der Waals surface area contributed by atoms with E-state index in [9.17, 15) is 18.5 Å². The number of sulfone groups is 1. The Bertz CT molecular complexity index is 1620. The molecule has 5 rings (SSSR count). The van der Waals surface area contributed by atoms with E-state index in [1.807, 2.05) is 61.5 Å². The molecular formula is C31H33N3O4S2. The van der Waals surface area contributed by atoms with Crippen LogP contribution in [0.15, 0.2) is 69.6 Å². The smallest absolute Gasteiger partial charge is 0.341 e.